The fraction of sp³-hybridized carbons (Fsp3) is 0.200. The molecule has 2 aromatic rings. The predicted octanol–water partition coefficient (Wildman–Crippen LogP) is 3.07. The van der Waals surface area contributed by atoms with Crippen molar-refractivity contribution in [2.24, 2.45) is 0 Å². The van der Waals surface area contributed by atoms with Gasteiger partial charge >= 0.3 is 0 Å². The molecule has 2 heteroatoms. The van der Waals surface area contributed by atoms with E-state index in [1.165, 1.54) is 0 Å². The topological polar surface area (TPSA) is 29.5 Å². The Morgan fingerprint density at radius 3 is 2.47 bits per heavy atom. The van der Waals surface area contributed by atoms with Gasteiger partial charge in [0.15, 0.2) is 0 Å². The molecule has 0 aromatic heterocycles. The van der Waals surface area contributed by atoms with E-state index in [0.717, 1.165) is 22.4 Å². The summed E-state index contributed by atoms with van der Waals surface area (Å²) < 4.78 is 5.68. The lowest BCUT2D eigenvalue weighted by molar-refractivity contribution is 0.268. The molecule has 2 nitrogen and oxygen atoms in total. The molecule has 2 aromatic carbocycles. The van der Waals surface area contributed by atoms with Crippen LogP contribution >= 0.6 is 0 Å². The fourth-order valence-corrected chi connectivity index (χ4v) is 1.80. The van der Waals surface area contributed by atoms with Crippen molar-refractivity contribution in [2.45, 2.75) is 20.1 Å². The van der Waals surface area contributed by atoms with Crippen molar-refractivity contribution in [1.29, 1.82) is 0 Å². The Hall–Kier alpha value is -1.80. The molecule has 0 aliphatic heterocycles. The summed E-state index contributed by atoms with van der Waals surface area (Å²) in [5, 5.41) is 9.34. The monoisotopic (exact) mass is 228 g/mol. The number of rotatable bonds is 4. The van der Waals surface area contributed by atoms with E-state index in [1.54, 1.807) is 0 Å². The third-order valence-electron chi connectivity index (χ3n) is 2.80. The lowest BCUT2D eigenvalue weighted by Gasteiger charge is -2.11. The highest BCUT2D eigenvalue weighted by Crippen LogP contribution is 2.17. The van der Waals surface area contributed by atoms with Crippen LogP contribution in [-0.4, -0.2) is 5.11 Å². The van der Waals surface area contributed by atoms with Gasteiger partial charge in [0.25, 0.3) is 0 Å². The van der Waals surface area contributed by atoms with Gasteiger partial charge in [-0.1, -0.05) is 36.4 Å². The molecule has 0 aliphatic rings. The normalized spacial score (nSPS) is 10.2. The van der Waals surface area contributed by atoms with Crippen LogP contribution < -0.4 is 4.74 Å². The second-order valence-corrected chi connectivity index (χ2v) is 3.97. The lowest BCUT2D eigenvalue weighted by Crippen LogP contribution is -2.02. The zero-order chi connectivity index (χ0) is 12.1. The van der Waals surface area contributed by atoms with Crippen LogP contribution in [0.2, 0.25) is 0 Å². The average Bonchev–Trinajstić information content (AvgIpc) is 2.37. The Labute approximate surface area is 101 Å². The maximum absolute atomic E-state index is 9.34. The maximum atomic E-state index is 9.34. The summed E-state index contributed by atoms with van der Waals surface area (Å²) in [6.45, 7) is 2.54. The lowest BCUT2D eigenvalue weighted by atomic mass is 10.0. The first-order valence-electron chi connectivity index (χ1n) is 5.67. The van der Waals surface area contributed by atoms with E-state index < -0.39 is 0 Å². The fourth-order valence-electron chi connectivity index (χ4n) is 1.80. The summed E-state index contributed by atoms with van der Waals surface area (Å²) in [6.07, 6.45) is 0. The molecule has 17 heavy (non-hydrogen) atoms. The van der Waals surface area contributed by atoms with E-state index in [-0.39, 0.29) is 6.61 Å². The van der Waals surface area contributed by atoms with Crippen molar-refractivity contribution in [3.05, 3.63) is 65.2 Å². The van der Waals surface area contributed by atoms with Gasteiger partial charge in [0.2, 0.25) is 0 Å². The minimum absolute atomic E-state index is 0.0557. The summed E-state index contributed by atoms with van der Waals surface area (Å²) in [6, 6.07) is 15.7. The van der Waals surface area contributed by atoms with Gasteiger partial charge in [-0.05, 0) is 35.7 Å². The van der Waals surface area contributed by atoms with E-state index in [2.05, 4.69) is 0 Å². The van der Waals surface area contributed by atoms with Crippen LogP contribution in [0.15, 0.2) is 48.5 Å². The third-order valence-corrected chi connectivity index (χ3v) is 2.80. The van der Waals surface area contributed by atoms with Crippen molar-refractivity contribution in [3.63, 3.8) is 0 Å². The molecule has 0 bridgehead atoms. The van der Waals surface area contributed by atoms with E-state index in [1.807, 2.05) is 55.5 Å². The molecule has 0 unspecified atom stereocenters. The molecule has 0 radical (unpaired) electrons. The van der Waals surface area contributed by atoms with Crippen LogP contribution in [0.3, 0.4) is 0 Å². The predicted molar refractivity (Wildman–Crippen MR) is 67.9 cm³/mol. The summed E-state index contributed by atoms with van der Waals surface area (Å²) >= 11 is 0. The number of hydrogen-bond acceptors (Lipinski definition) is 2. The number of hydrogen-bond donors (Lipinski definition) is 1. The van der Waals surface area contributed by atoms with Crippen LogP contribution in [-0.2, 0) is 13.2 Å². The van der Waals surface area contributed by atoms with E-state index in [9.17, 15) is 5.11 Å². The quantitative estimate of drug-likeness (QED) is 0.871. The minimum Gasteiger partial charge on any atom is -0.489 e. The SMILES string of the molecule is Cc1cccc(COc2ccccc2)c1CO. The van der Waals surface area contributed by atoms with Gasteiger partial charge in [0.05, 0.1) is 6.61 Å². The van der Waals surface area contributed by atoms with Gasteiger partial charge in [-0.2, -0.15) is 0 Å². The zero-order valence-corrected chi connectivity index (χ0v) is 9.89. The van der Waals surface area contributed by atoms with Crippen LogP contribution in [0, 0.1) is 6.92 Å². The summed E-state index contributed by atoms with van der Waals surface area (Å²) in [4.78, 5) is 0. The molecular formula is C15H16O2. The number of ether oxygens (including phenoxy) is 1. The van der Waals surface area contributed by atoms with Crippen molar-refractivity contribution < 1.29 is 9.84 Å². The molecule has 0 saturated heterocycles. The highest BCUT2D eigenvalue weighted by molar-refractivity contribution is 5.34. The first kappa shape index (κ1) is 11.7. The zero-order valence-electron chi connectivity index (χ0n) is 9.89. The van der Waals surface area contributed by atoms with Gasteiger partial charge in [-0.3, -0.25) is 0 Å². The van der Waals surface area contributed by atoms with E-state index in [4.69, 9.17) is 4.74 Å². The second kappa shape index (κ2) is 5.51. The summed E-state index contributed by atoms with van der Waals surface area (Å²) in [5.41, 5.74) is 3.10. The highest BCUT2D eigenvalue weighted by Gasteiger charge is 2.04. The van der Waals surface area contributed by atoms with Gasteiger partial charge in [0, 0.05) is 0 Å². The number of aryl methyl sites for hydroxylation is 1. The number of aliphatic hydroxyl groups excluding tert-OH is 1. The average molecular weight is 228 g/mol. The molecule has 0 fully saturated rings. The standard InChI is InChI=1S/C15H16O2/c1-12-6-5-7-13(15(12)10-16)11-17-14-8-3-2-4-9-14/h2-9,16H,10-11H2,1H3. The van der Waals surface area contributed by atoms with Crippen LogP contribution in [0.25, 0.3) is 0 Å². The minimum atomic E-state index is 0.0557. The molecule has 0 aliphatic carbocycles. The third kappa shape index (κ3) is 2.86. The Morgan fingerprint density at radius 1 is 1.00 bits per heavy atom. The summed E-state index contributed by atoms with van der Waals surface area (Å²) in [7, 11) is 0. The van der Waals surface area contributed by atoms with Crippen LogP contribution in [0.4, 0.5) is 0 Å². The van der Waals surface area contributed by atoms with Crippen molar-refractivity contribution in [3.8, 4) is 5.75 Å². The molecule has 88 valence electrons. The first-order valence-corrected chi connectivity index (χ1v) is 5.67. The van der Waals surface area contributed by atoms with Crippen molar-refractivity contribution >= 4 is 0 Å². The summed E-state index contributed by atoms with van der Waals surface area (Å²) in [5.74, 6) is 0.845. The number of benzene rings is 2. The second-order valence-electron chi connectivity index (χ2n) is 3.97. The molecule has 0 spiro atoms. The van der Waals surface area contributed by atoms with Crippen molar-refractivity contribution in [2.75, 3.05) is 0 Å². The molecular weight excluding hydrogens is 212 g/mol. The Kier molecular flexibility index (Phi) is 3.78. The van der Waals surface area contributed by atoms with Gasteiger partial charge in [-0.15, -0.1) is 0 Å². The largest absolute Gasteiger partial charge is 0.489 e. The Morgan fingerprint density at radius 2 is 1.76 bits per heavy atom. The van der Waals surface area contributed by atoms with E-state index in [0.29, 0.717) is 6.61 Å². The molecule has 0 saturated carbocycles. The molecule has 0 amide bonds. The first-order chi connectivity index (χ1) is 8.31. The van der Waals surface area contributed by atoms with Crippen molar-refractivity contribution in [1.82, 2.24) is 0 Å². The Balaban J connectivity index is 2.12. The van der Waals surface area contributed by atoms with Gasteiger partial charge in [-0.25, -0.2) is 0 Å². The highest BCUT2D eigenvalue weighted by atomic mass is 16.5. The van der Waals surface area contributed by atoms with Gasteiger partial charge < -0.3 is 9.84 Å². The van der Waals surface area contributed by atoms with Gasteiger partial charge in [0.1, 0.15) is 12.4 Å². The molecule has 2 rings (SSSR count). The molecule has 1 N–H and O–H groups in total. The van der Waals surface area contributed by atoms with E-state index >= 15 is 0 Å². The number of aliphatic hydroxyl groups is 1. The Bertz CT molecular complexity index is 478. The molecule has 0 heterocycles. The smallest absolute Gasteiger partial charge is 0.119 e. The molecule has 0 atom stereocenters. The van der Waals surface area contributed by atoms with Crippen LogP contribution in [0.1, 0.15) is 16.7 Å². The maximum Gasteiger partial charge on any atom is 0.119 e. The number of para-hydroxylation sites is 1. The van der Waals surface area contributed by atoms with Crippen LogP contribution in [0.5, 0.6) is 5.75 Å².